The third kappa shape index (κ3) is 12.1. The fraction of sp³-hybridized carbons (Fsp3) is 0.700. The van der Waals surface area contributed by atoms with Crippen LogP contribution < -0.4 is 10.0 Å². The fourth-order valence-electron chi connectivity index (χ4n) is 2.94. The molecule has 0 spiro atoms. The van der Waals surface area contributed by atoms with Gasteiger partial charge in [-0.1, -0.05) is 50.1 Å². The molecule has 0 saturated carbocycles. The van der Waals surface area contributed by atoms with Gasteiger partial charge in [0.15, 0.2) is 0 Å². The number of hydrogen-bond donors (Lipinski definition) is 3. The number of sulfonamides is 1. The molecule has 1 aromatic carbocycles. The predicted octanol–water partition coefficient (Wildman–Crippen LogP) is 3.49. The number of unbranched alkanes of at least 4 members (excludes halogenated alkanes) is 2. The summed E-state index contributed by atoms with van der Waals surface area (Å²) in [5.74, 6) is -0.141. The molecule has 3 N–H and O–H groups in total. The maximum absolute atomic E-state index is 12.7. The Balaban J connectivity index is 2.25. The van der Waals surface area contributed by atoms with Crippen molar-refractivity contribution in [3.05, 3.63) is 35.9 Å². The van der Waals surface area contributed by atoms with Crippen LogP contribution >= 0.6 is 0 Å². The van der Waals surface area contributed by atoms with E-state index in [-0.39, 0.29) is 11.8 Å². The van der Waals surface area contributed by atoms with Gasteiger partial charge in [0.05, 0.1) is 11.9 Å². The van der Waals surface area contributed by atoms with Crippen LogP contribution in [0.15, 0.2) is 30.3 Å². The van der Waals surface area contributed by atoms with Crippen LogP contribution in [0.4, 0.5) is 4.39 Å². The standard InChI is InChI=1S/C20H35FN2O3S/c1-3-19(22-15-9-5-6-10-17(2)21)13-14-20(24)23-27(25,26)16-18-11-7-4-8-12-18/h4,7-8,11-12,17,19-20,22-24H,3,5-6,9-10,13-16H2,1-2H3. The van der Waals surface area contributed by atoms with Crippen LogP contribution in [0.3, 0.4) is 0 Å². The highest BCUT2D eigenvalue weighted by molar-refractivity contribution is 7.88. The Hall–Kier alpha value is -1.02. The van der Waals surface area contributed by atoms with Crippen molar-refractivity contribution in [3.63, 3.8) is 0 Å². The molecule has 7 heteroatoms. The second-order valence-corrected chi connectivity index (χ2v) is 8.90. The summed E-state index contributed by atoms with van der Waals surface area (Å²) in [6, 6.07) is 9.14. The number of aliphatic hydroxyl groups is 1. The minimum Gasteiger partial charge on any atom is -0.378 e. The van der Waals surface area contributed by atoms with Crippen LogP contribution in [0.2, 0.25) is 0 Å². The second-order valence-electron chi connectivity index (χ2n) is 7.15. The van der Waals surface area contributed by atoms with Crippen molar-refractivity contribution < 1.29 is 17.9 Å². The van der Waals surface area contributed by atoms with E-state index < -0.39 is 22.4 Å². The largest absolute Gasteiger partial charge is 0.378 e. The Kier molecular flexibility index (Phi) is 11.7. The van der Waals surface area contributed by atoms with Crippen molar-refractivity contribution >= 4 is 10.0 Å². The lowest BCUT2D eigenvalue weighted by Gasteiger charge is -2.19. The average Bonchev–Trinajstić information content (AvgIpc) is 2.60. The maximum Gasteiger partial charge on any atom is 0.217 e. The van der Waals surface area contributed by atoms with E-state index in [0.717, 1.165) is 32.2 Å². The number of alkyl halides is 1. The molecule has 3 unspecified atom stereocenters. The molecule has 0 bridgehead atoms. The topological polar surface area (TPSA) is 78.4 Å². The van der Waals surface area contributed by atoms with Crippen LogP contribution in [0, 0.1) is 0 Å². The van der Waals surface area contributed by atoms with Gasteiger partial charge in [-0.3, -0.25) is 0 Å². The Morgan fingerprint density at radius 3 is 2.41 bits per heavy atom. The zero-order chi connectivity index (χ0) is 20.1. The van der Waals surface area contributed by atoms with E-state index in [9.17, 15) is 17.9 Å². The van der Waals surface area contributed by atoms with Gasteiger partial charge >= 0.3 is 0 Å². The molecule has 0 saturated heterocycles. The third-order valence-electron chi connectivity index (χ3n) is 4.51. The van der Waals surface area contributed by atoms with E-state index in [2.05, 4.69) is 17.0 Å². The van der Waals surface area contributed by atoms with Gasteiger partial charge < -0.3 is 10.4 Å². The molecule has 5 nitrogen and oxygen atoms in total. The Bertz CT molecular complexity index is 597. The van der Waals surface area contributed by atoms with Gasteiger partial charge in [0.1, 0.15) is 6.23 Å². The Morgan fingerprint density at radius 2 is 1.78 bits per heavy atom. The second kappa shape index (κ2) is 13.2. The Labute approximate surface area is 163 Å². The highest BCUT2D eigenvalue weighted by Crippen LogP contribution is 2.09. The molecule has 0 heterocycles. The van der Waals surface area contributed by atoms with Gasteiger partial charge in [-0.2, -0.15) is 4.72 Å². The lowest BCUT2D eigenvalue weighted by molar-refractivity contribution is 0.145. The summed E-state index contributed by atoms with van der Waals surface area (Å²) in [5.41, 5.74) is 0.687. The van der Waals surface area contributed by atoms with Crippen molar-refractivity contribution in [2.75, 3.05) is 6.54 Å². The SMILES string of the molecule is CCC(CCC(O)NS(=O)(=O)Cc1ccccc1)NCCCCCC(C)F. The zero-order valence-electron chi connectivity index (χ0n) is 16.5. The van der Waals surface area contributed by atoms with Gasteiger partial charge in [0.25, 0.3) is 0 Å². The van der Waals surface area contributed by atoms with Crippen LogP contribution in [0.1, 0.15) is 64.4 Å². The summed E-state index contributed by atoms with van der Waals surface area (Å²) in [6.07, 6.45) is 3.66. The quantitative estimate of drug-likeness (QED) is 0.310. The highest BCUT2D eigenvalue weighted by atomic mass is 32.2. The summed E-state index contributed by atoms with van der Waals surface area (Å²) in [7, 11) is -3.57. The molecule has 0 amide bonds. The number of halogens is 1. The van der Waals surface area contributed by atoms with Gasteiger partial charge in [-0.15, -0.1) is 0 Å². The Morgan fingerprint density at radius 1 is 1.07 bits per heavy atom. The number of hydrogen-bond acceptors (Lipinski definition) is 4. The molecule has 0 fully saturated rings. The van der Waals surface area contributed by atoms with Crippen molar-refractivity contribution in [2.45, 2.75) is 83.0 Å². The molecule has 0 aliphatic rings. The molecule has 3 atom stereocenters. The van der Waals surface area contributed by atoms with Crippen LogP contribution in [-0.2, 0) is 15.8 Å². The maximum atomic E-state index is 12.7. The number of aliphatic hydroxyl groups excluding tert-OH is 1. The van der Waals surface area contributed by atoms with Gasteiger partial charge in [0, 0.05) is 6.04 Å². The molecule has 27 heavy (non-hydrogen) atoms. The van der Waals surface area contributed by atoms with E-state index in [1.807, 2.05) is 6.07 Å². The normalized spacial score (nSPS) is 15.4. The molecular formula is C20H35FN2O3S. The number of benzene rings is 1. The summed E-state index contributed by atoms with van der Waals surface area (Å²) in [4.78, 5) is 0. The minimum absolute atomic E-state index is 0.141. The first-order valence-corrected chi connectivity index (χ1v) is 11.6. The van der Waals surface area contributed by atoms with Crippen molar-refractivity contribution in [1.29, 1.82) is 0 Å². The van der Waals surface area contributed by atoms with Crippen molar-refractivity contribution in [1.82, 2.24) is 10.0 Å². The predicted molar refractivity (Wildman–Crippen MR) is 109 cm³/mol. The van der Waals surface area contributed by atoms with Gasteiger partial charge in [-0.05, 0) is 51.1 Å². The van der Waals surface area contributed by atoms with Crippen molar-refractivity contribution in [3.8, 4) is 0 Å². The summed E-state index contributed by atoms with van der Waals surface area (Å²) < 4.78 is 39.3. The summed E-state index contributed by atoms with van der Waals surface area (Å²) >= 11 is 0. The molecule has 156 valence electrons. The molecule has 1 rings (SSSR count). The minimum atomic E-state index is -3.57. The number of nitrogens with one attached hydrogen (secondary N) is 2. The van der Waals surface area contributed by atoms with E-state index in [1.165, 1.54) is 0 Å². The molecule has 0 aliphatic heterocycles. The molecular weight excluding hydrogens is 367 g/mol. The first-order valence-electron chi connectivity index (χ1n) is 9.92. The van der Waals surface area contributed by atoms with Gasteiger partial charge in [0.2, 0.25) is 10.0 Å². The summed E-state index contributed by atoms with van der Waals surface area (Å²) in [5, 5.41) is 13.5. The number of rotatable bonds is 15. The fourth-order valence-corrected chi connectivity index (χ4v) is 4.19. The van der Waals surface area contributed by atoms with E-state index in [0.29, 0.717) is 24.8 Å². The monoisotopic (exact) mass is 402 g/mol. The van der Waals surface area contributed by atoms with E-state index in [1.54, 1.807) is 31.2 Å². The lowest BCUT2D eigenvalue weighted by atomic mass is 10.1. The zero-order valence-corrected chi connectivity index (χ0v) is 17.3. The lowest BCUT2D eigenvalue weighted by Crippen LogP contribution is -2.37. The summed E-state index contributed by atoms with van der Waals surface area (Å²) in [6.45, 7) is 4.51. The molecule has 1 aromatic rings. The van der Waals surface area contributed by atoms with E-state index in [4.69, 9.17) is 0 Å². The average molecular weight is 403 g/mol. The smallest absolute Gasteiger partial charge is 0.217 e. The van der Waals surface area contributed by atoms with Crippen LogP contribution in [-0.4, -0.2) is 38.5 Å². The van der Waals surface area contributed by atoms with E-state index >= 15 is 0 Å². The first kappa shape index (κ1) is 24.0. The highest BCUT2D eigenvalue weighted by Gasteiger charge is 2.17. The molecule has 0 aromatic heterocycles. The molecule has 0 radical (unpaired) electrons. The first-order chi connectivity index (χ1) is 12.8. The van der Waals surface area contributed by atoms with Crippen LogP contribution in [0.5, 0.6) is 0 Å². The third-order valence-corrected chi connectivity index (χ3v) is 5.85. The molecule has 0 aliphatic carbocycles. The van der Waals surface area contributed by atoms with Gasteiger partial charge in [-0.25, -0.2) is 12.8 Å². The van der Waals surface area contributed by atoms with Crippen molar-refractivity contribution in [2.24, 2.45) is 0 Å². The van der Waals surface area contributed by atoms with Crippen LogP contribution in [0.25, 0.3) is 0 Å².